The molecule has 0 saturated carbocycles. The molecule has 2 aliphatic rings. The highest BCUT2D eigenvalue weighted by Crippen LogP contribution is 2.38. The van der Waals surface area contributed by atoms with E-state index in [1.807, 2.05) is 6.92 Å². The lowest BCUT2D eigenvalue weighted by Crippen LogP contribution is -3.14. The van der Waals surface area contributed by atoms with E-state index in [1.165, 1.54) is 34.1 Å². The molecule has 2 aliphatic heterocycles. The zero-order valence-electron chi connectivity index (χ0n) is 18.1. The monoisotopic (exact) mass is 438 g/mol. The lowest BCUT2D eigenvalue weighted by atomic mass is 9.95. The highest BCUT2D eigenvalue weighted by molar-refractivity contribution is 6.46. The number of quaternary nitrogens is 1. The highest BCUT2D eigenvalue weighted by atomic mass is 19.1. The molecule has 1 amide bonds. The molecule has 2 heterocycles. The Balaban J connectivity index is 1.66. The summed E-state index contributed by atoms with van der Waals surface area (Å²) in [6.07, 6.45) is 0.693. The van der Waals surface area contributed by atoms with Crippen LogP contribution in [0.25, 0.3) is 5.76 Å². The van der Waals surface area contributed by atoms with Gasteiger partial charge in [0.1, 0.15) is 18.9 Å². The van der Waals surface area contributed by atoms with Crippen molar-refractivity contribution < 1.29 is 28.7 Å². The number of aryl methyl sites for hydroxylation is 1. The van der Waals surface area contributed by atoms with Crippen molar-refractivity contribution in [3.8, 4) is 0 Å². The molecular formula is C25H27FN2O4. The molecule has 1 unspecified atom stereocenters. The van der Waals surface area contributed by atoms with Crippen LogP contribution in [0.3, 0.4) is 0 Å². The Kier molecular flexibility index (Phi) is 6.67. The first-order valence-electron chi connectivity index (χ1n) is 11.0. The Morgan fingerprint density at radius 3 is 2.41 bits per heavy atom. The number of nitrogens with zero attached hydrogens (tertiary/aromatic N) is 1. The standard InChI is InChI=1S/C25H27FN2O4/c1-17-3-5-19(6-4-17)23(29)21-22(18-7-9-20(26)10-8-18)28(25(31)24(21)30)12-2-11-27-13-15-32-16-14-27/h3-10,22,29H,2,11-16H2,1H3. The molecule has 32 heavy (non-hydrogen) atoms. The van der Waals surface area contributed by atoms with Gasteiger partial charge in [-0.2, -0.15) is 0 Å². The number of ether oxygens (including phenoxy) is 1. The maximum Gasteiger partial charge on any atom is 0.295 e. The van der Waals surface area contributed by atoms with Crippen molar-refractivity contribution in [2.45, 2.75) is 19.4 Å². The lowest BCUT2D eigenvalue weighted by Gasteiger charge is -2.29. The van der Waals surface area contributed by atoms with Gasteiger partial charge in [-0.25, -0.2) is 4.39 Å². The summed E-state index contributed by atoms with van der Waals surface area (Å²) in [4.78, 5) is 28.8. The van der Waals surface area contributed by atoms with Crippen molar-refractivity contribution in [3.63, 3.8) is 0 Å². The van der Waals surface area contributed by atoms with E-state index < -0.39 is 29.3 Å². The van der Waals surface area contributed by atoms with Gasteiger partial charge in [-0.05, 0) is 30.2 Å². The van der Waals surface area contributed by atoms with Crippen LogP contribution in [0, 0.1) is 12.7 Å². The molecule has 2 aromatic carbocycles. The minimum absolute atomic E-state index is 0.0656. The number of carbonyl (C=O) groups excluding carboxylic acids is 2. The topological polar surface area (TPSA) is 74.1 Å². The number of halogens is 1. The van der Waals surface area contributed by atoms with Crippen molar-refractivity contribution in [3.05, 3.63) is 76.6 Å². The predicted octanol–water partition coefficient (Wildman–Crippen LogP) is 0.663. The number of hydrogen-bond donors (Lipinski definition) is 1. The molecule has 2 aromatic rings. The summed E-state index contributed by atoms with van der Waals surface area (Å²) in [5.74, 6) is -2.33. The van der Waals surface area contributed by atoms with Crippen LogP contribution in [-0.2, 0) is 14.3 Å². The number of likely N-dealkylation sites (tertiary alicyclic amines) is 1. The molecule has 4 rings (SSSR count). The Labute approximate surface area is 186 Å². The molecule has 0 bridgehead atoms. The van der Waals surface area contributed by atoms with E-state index in [0.717, 1.165) is 38.4 Å². The third-order valence-corrected chi connectivity index (χ3v) is 6.16. The zero-order chi connectivity index (χ0) is 22.7. The van der Waals surface area contributed by atoms with E-state index >= 15 is 0 Å². The van der Waals surface area contributed by atoms with Crippen molar-refractivity contribution in [2.75, 3.05) is 39.4 Å². The van der Waals surface area contributed by atoms with Crippen molar-refractivity contribution >= 4 is 17.4 Å². The van der Waals surface area contributed by atoms with Crippen LogP contribution in [0.2, 0.25) is 0 Å². The molecule has 6 nitrogen and oxygen atoms in total. The zero-order valence-corrected chi connectivity index (χ0v) is 18.1. The first-order chi connectivity index (χ1) is 15.5. The van der Waals surface area contributed by atoms with E-state index in [1.54, 1.807) is 24.3 Å². The number of hydrogen-bond acceptors (Lipinski definition) is 4. The Morgan fingerprint density at radius 2 is 1.75 bits per heavy atom. The lowest BCUT2D eigenvalue weighted by molar-refractivity contribution is -0.908. The Bertz CT molecular complexity index is 1010. The van der Waals surface area contributed by atoms with Crippen LogP contribution in [0.15, 0.2) is 54.1 Å². The molecule has 2 saturated heterocycles. The van der Waals surface area contributed by atoms with Crippen molar-refractivity contribution in [1.29, 1.82) is 0 Å². The van der Waals surface area contributed by atoms with E-state index in [2.05, 4.69) is 0 Å². The summed E-state index contributed by atoms with van der Waals surface area (Å²) in [5, 5.41) is 13.3. The minimum Gasteiger partial charge on any atom is -0.872 e. The van der Waals surface area contributed by atoms with Crippen LogP contribution in [-0.4, -0.2) is 56.0 Å². The molecule has 7 heteroatoms. The van der Waals surface area contributed by atoms with Crippen LogP contribution in [0.4, 0.5) is 4.39 Å². The summed E-state index contributed by atoms with van der Waals surface area (Å²) in [6.45, 7) is 6.37. The van der Waals surface area contributed by atoms with Crippen LogP contribution in [0.5, 0.6) is 0 Å². The SMILES string of the molecule is Cc1ccc(C([O-])=C2C(=O)C(=O)N(CCC[NH+]3CCOCC3)C2c2ccc(F)cc2)cc1. The Morgan fingerprint density at radius 1 is 1.09 bits per heavy atom. The maximum atomic E-state index is 13.6. The van der Waals surface area contributed by atoms with E-state index in [4.69, 9.17) is 4.74 Å². The highest BCUT2D eigenvalue weighted by Gasteiger charge is 2.44. The van der Waals surface area contributed by atoms with Gasteiger partial charge in [-0.15, -0.1) is 0 Å². The number of morpholine rings is 1. The normalized spacial score (nSPS) is 21.3. The number of ketones is 1. The molecule has 0 aromatic heterocycles. The number of carbonyl (C=O) groups is 2. The van der Waals surface area contributed by atoms with Crippen LogP contribution < -0.4 is 10.0 Å². The minimum atomic E-state index is -0.816. The average molecular weight is 438 g/mol. The molecule has 2 fully saturated rings. The third kappa shape index (κ3) is 4.59. The van der Waals surface area contributed by atoms with Gasteiger partial charge in [0.05, 0.1) is 25.8 Å². The summed E-state index contributed by atoms with van der Waals surface area (Å²) in [7, 11) is 0. The third-order valence-electron chi connectivity index (χ3n) is 6.16. The van der Waals surface area contributed by atoms with Gasteiger partial charge in [0.2, 0.25) is 5.78 Å². The van der Waals surface area contributed by atoms with Gasteiger partial charge >= 0.3 is 0 Å². The van der Waals surface area contributed by atoms with E-state index in [0.29, 0.717) is 24.1 Å². The van der Waals surface area contributed by atoms with E-state index in [-0.39, 0.29) is 5.57 Å². The quantitative estimate of drug-likeness (QED) is 0.409. The summed E-state index contributed by atoms with van der Waals surface area (Å²) < 4.78 is 18.9. The molecular weight excluding hydrogens is 411 g/mol. The van der Waals surface area contributed by atoms with Crippen molar-refractivity contribution in [2.24, 2.45) is 0 Å². The van der Waals surface area contributed by atoms with Gasteiger partial charge < -0.3 is 19.6 Å². The van der Waals surface area contributed by atoms with Gasteiger partial charge in [-0.1, -0.05) is 47.7 Å². The fourth-order valence-corrected chi connectivity index (χ4v) is 4.36. The molecule has 1 atom stereocenters. The first-order valence-corrected chi connectivity index (χ1v) is 11.0. The summed E-state index contributed by atoms with van der Waals surface area (Å²) >= 11 is 0. The summed E-state index contributed by atoms with van der Waals surface area (Å²) in [6, 6.07) is 11.7. The van der Waals surface area contributed by atoms with Gasteiger partial charge in [0.15, 0.2) is 0 Å². The average Bonchev–Trinajstić information content (AvgIpc) is 3.05. The second-order valence-corrected chi connectivity index (χ2v) is 8.36. The van der Waals surface area contributed by atoms with E-state index in [9.17, 15) is 19.1 Å². The second kappa shape index (κ2) is 9.63. The van der Waals surface area contributed by atoms with Gasteiger partial charge in [-0.3, -0.25) is 9.59 Å². The largest absolute Gasteiger partial charge is 0.872 e. The molecule has 0 spiro atoms. The van der Waals surface area contributed by atoms with Crippen LogP contribution in [0.1, 0.15) is 29.2 Å². The number of amides is 1. The maximum absolute atomic E-state index is 13.6. The van der Waals surface area contributed by atoms with Crippen molar-refractivity contribution in [1.82, 2.24) is 4.90 Å². The van der Waals surface area contributed by atoms with Gasteiger partial charge in [0.25, 0.3) is 5.91 Å². The fraction of sp³-hybridized carbons (Fsp3) is 0.360. The number of rotatable bonds is 6. The smallest absolute Gasteiger partial charge is 0.295 e. The number of benzene rings is 2. The van der Waals surface area contributed by atoms with Gasteiger partial charge in [0, 0.05) is 18.5 Å². The second-order valence-electron chi connectivity index (χ2n) is 8.36. The molecule has 168 valence electrons. The molecule has 0 aliphatic carbocycles. The Hall–Kier alpha value is -3.03. The summed E-state index contributed by atoms with van der Waals surface area (Å²) in [5.41, 5.74) is 1.84. The number of Topliss-reactive ketones (excluding diaryl/α,β-unsaturated/α-hetero) is 1. The predicted molar refractivity (Wildman–Crippen MR) is 115 cm³/mol. The number of nitrogens with one attached hydrogen (secondary N) is 1. The fourth-order valence-electron chi connectivity index (χ4n) is 4.36. The molecule has 0 radical (unpaired) electrons. The molecule has 1 N–H and O–H groups in total. The first kappa shape index (κ1) is 22.2. The van der Waals surface area contributed by atoms with Crippen LogP contribution >= 0.6 is 0 Å².